The van der Waals surface area contributed by atoms with E-state index >= 15 is 0 Å². The first kappa shape index (κ1) is 8.93. The maximum absolute atomic E-state index is 11.7. The van der Waals surface area contributed by atoms with Crippen LogP contribution in [0, 0.1) is 0 Å². The fourth-order valence-corrected chi connectivity index (χ4v) is 1.03. The van der Waals surface area contributed by atoms with Gasteiger partial charge in [0.25, 0.3) is 5.91 Å². The minimum atomic E-state index is -0.736. The Kier molecular flexibility index (Phi) is 3.47. The van der Waals surface area contributed by atoms with Crippen LogP contribution < -0.4 is 5.32 Å². The third-order valence-corrected chi connectivity index (χ3v) is 1.66. The van der Waals surface area contributed by atoms with Crippen LogP contribution in [0.3, 0.4) is 0 Å². The van der Waals surface area contributed by atoms with Crippen molar-refractivity contribution in [1.82, 2.24) is 5.32 Å². The molecule has 2 nitrogen and oxygen atoms in total. The van der Waals surface area contributed by atoms with Crippen LogP contribution in [0.2, 0.25) is 0 Å². The van der Waals surface area contributed by atoms with E-state index < -0.39 is 9.85 Å². The zero-order chi connectivity index (χ0) is 8.81. The molecule has 4 heteroatoms. The lowest BCUT2D eigenvalue weighted by Gasteiger charge is -2.00. The zero-order valence-electron chi connectivity index (χ0n) is 6.38. The number of carbonyl (C=O) groups excluding carboxylic acids is 1. The molecule has 0 aliphatic heterocycles. The predicted octanol–water partition coefficient (Wildman–Crippen LogP) is 0.963. The lowest BCUT2D eigenvalue weighted by molar-refractivity contribution is 0.0959. The van der Waals surface area contributed by atoms with Crippen LogP contribution in [-0.4, -0.2) is 21.9 Å². The van der Waals surface area contributed by atoms with Crippen molar-refractivity contribution in [2.45, 2.75) is 0 Å². The molecular formula is C8H8FNOSi. The lowest BCUT2D eigenvalue weighted by atomic mass is 10.2. The molecule has 1 aromatic rings. The first-order chi connectivity index (χ1) is 5.84. The Hall–Kier alpha value is -1.16. The number of rotatable bonds is 3. The van der Waals surface area contributed by atoms with Gasteiger partial charge in [0, 0.05) is 11.7 Å². The summed E-state index contributed by atoms with van der Waals surface area (Å²) in [6.07, 6.45) is 0.105. The van der Waals surface area contributed by atoms with Gasteiger partial charge in [0.1, 0.15) is 0 Å². The monoisotopic (exact) mass is 181 g/mol. The second kappa shape index (κ2) is 4.66. The molecule has 1 N–H and O–H groups in total. The van der Waals surface area contributed by atoms with Gasteiger partial charge in [-0.05, 0) is 12.1 Å². The quantitative estimate of drug-likeness (QED) is 0.546. The average Bonchev–Trinajstić information content (AvgIpc) is 2.15. The van der Waals surface area contributed by atoms with E-state index in [-0.39, 0.29) is 12.1 Å². The van der Waals surface area contributed by atoms with Crippen molar-refractivity contribution in [3.63, 3.8) is 0 Å². The Morgan fingerprint density at radius 1 is 1.42 bits per heavy atom. The molecule has 12 heavy (non-hydrogen) atoms. The topological polar surface area (TPSA) is 29.1 Å². The highest BCUT2D eigenvalue weighted by atomic mass is 28.3. The first-order valence-corrected chi connectivity index (χ1v) is 4.60. The number of amides is 1. The summed E-state index contributed by atoms with van der Waals surface area (Å²) in [6, 6.07) is 8.75. The Morgan fingerprint density at radius 3 is 2.67 bits per heavy atom. The van der Waals surface area contributed by atoms with Gasteiger partial charge >= 0.3 is 9.85 Å². The Morgan fingerprint density at radius 2 is 2.08 bits per heavy atom. The third kappa shape index (κ3) is 2.47. The second-order valence-electron chi connectivity index (χ2n) is 2.18. The van der Waals surface area contributed by atoms with E-state index in [0.717, 1.165) is 0 Å². The molecule has 0 bridgehead atoms. The Balaban J connectivity index is 2.54. The fraction of sp³-hybridized carbons (Fsp3) is 0.125. The number of hydrogen-bond acceptors (Lipinski definition) is 1. The first-order valence-electron chi connectivity index (χ1n) is 3.51. The Labute approximate surface area is 72.8 Å². The lowest BCUT2D eigenvalue weighted by Crippen LogP contribution is -2.26. The molecule has 62 valence electrons. The van der Waals surface area contributed by atoms with Gasteiger partial charge in [0.05, 0.1) is 0 Å². The minimum Gasteiger partial charge on any atom is -0.352 e. The summed E-state index contributed by atoms with van der Waals surface area (Å²) < 4.78 is 11.7. The maximum Gasteiger partial charge on any atom is 0.315 e. The maximum atomic E-state index is 11.7. The molecule has 0 saturated carbocycles. The van der Waals surface area contributed by atoms with Gasteiger partial charge in [-0.25, -0.2) is 0 Å². The van der Waals surface area contributed by atoms with Crippen LogP contribution in [-0.2, 0) is 0 Å². The molecule has 0 fully saturated rings. The van der Waals surface area contributed by atoms with E-state index in [1.807, 2.05) is 6.07 Å². The van der Waals surface area contributed by atoms with E-state index in [2.05, 4.69) is 5.32 Å². The van der Waals surface area contributed by atoms with Crippen molar-refractivity contribution >= 4 is 15.8 Å². The highest BCUT2D eigenvalue weighted by Gasteiger charge is 2.02. The smallest absolute Gasteiger partial charge is 0.315 e. The summed E-state index contributed by atoms with van der Waals surface area (Å²) in [5.74, 6) is -0.222. The molecule has 0 aliphatic carbocycles. The van der Waals surface area contributed by atoms with Crippen molar-refractivity contribution in [2.75, 3.05) is 6.17 Å². The van der Waals surface area contributed by atoms with Gasteiger partial charge in [-0.15, -0.1) is 0 Å². The summed E-state index contributed by atoms with van der Waals surface area (Å²) in [5, 5.41) is 2.45. The van der Waals surface area contributed by atoms with Crippen molar-refractivity contribution < 1.29 is 8.90 Å². The highest BCUT2D eigenvalue weighted by molar-refractivity contribution is 6.27. The van der Waals surface area contributed by atoms with Gasteiger partial charge in [-0.1, -0.05) is 18.2 Å². The minimum absolute atomic E-state index is 0.105. The summed E-state index contributed by atoms with van der Waals surface area (Å²) >= 11 is 0. The average molecular weight is 181 g/mol. The van der Waals surface area contributed by atoms with Gasteiger partial charge in [0.15, 0.2) is 0 Å². The van der Waals surface area contributed by atoms with Crippen molar-refractivity contribution in [2.24, 2.45) is 0 Å². The molecule has 0 aromatic heterocycles. The summed E-state index contributed by atoms with van der Waals surface area (Å²) in [7, 11) is -0.736. The molecule has 0 atom stereocenters. The SMILES string of the molecule is O=C(NC[Si]F)c1ccccc1. The zero-order valence-corrected chi connectivity index (χ0v) is 7.38. The normalized spacial score (nSPS) is 9.42. The van der Waals surface area contributed by atoms with E-state index in [9.17, 15) is 8.90 Å². The van der Waals surface area contributed by atoms with Crippen molar-refractivity contribution in [3.05, 3.63) is 35.9 Å². The van der Waals surface area contributed by atoms with E-state index in [1.165, 1.54) is 0 Å². The molecule has 2 radical (unpaired) electrons. The number of benzene rings is 1. The largest absolute Gasteiger partial charge is 0.352 e. The molecule has 0 heterocycles. The summed E-state index contributed by atoms with van der Waals surface area (Å²) in [6.45, 7) is 0. The highest BCUT2D eigenvalue weighted by Crippen LogP contribution is 1.96. The predicted molar refractivity (Wildman–Crippen MR) is 45.6 cm³/mol. The van der Waals surface area contributed by atoms with Crippen molar-refractivity contribution in [3.8, 4) is 0 Å². The van der Waals surface area contributed by atoms with Crippen LogP contribution in [0.5, 0.6) is 0 Å². The number of halogens is 1. The third-order valence-electron chi connectivity index (χ3n) is 1.35. The second-order valence-corrected chi connectivity index (χ2v) is 2.80. The standard InChI is InChI=1S/C8H8FNOSi/c9-12-6-10-8(11)7-4-2-1-3-5-7/h1-5H,6H2,(H,10,11). The van der Waals surface area contributed by atoms with Crippen LogP contribution in [0.25, 0.3) is 0 Å². The Bertz CT molecular complexity index is 252. The molecule has 0 unspecified atom stereocenters. The molecule has 1 amide bonds. The van der Waals surface area contributed by atoms with Crippen molar-refractivity contribution in [1.29, 1.82) is 0 Å². The van der Waals surface area contributed by atoms with Gasteiger partial charge in [-0.3, -0.25) is 4.79 Å². The van der Waals surface area contributed by atoms with Crippen LogP contribution >= 0.6 is 0 Å². The number of nitrogens with one attached hydrogen (secondary N) is 1. The van der Waals surface area contributed by atoms with Gasteiger partial charge < -0.3 is 9.42 Å². The van der Waals surface area contributed by atoms with Crippen LogP contribution in [0.4, 0.5) is 4.11 Å². The van der Waals surface area contributed by atoms with Gasteiger partial charge in [0.2, 0.25) is 0 Å². The molecule has 0 saturated heterocycles. The summed E-state index contributed by atoms with van der Waals surface area (Å²) in [5.41, 5.74) is 0.566. The summed E-state index contributed by atoms with van der Waals surface area (Å²) in [4.78, 5) is 11.1. The number of carbonyl (C=O) groups is 1. The molecular weight excluding hydrogens is 173 g/mol. The fourth-order valence-electron chi connectivity index (χ4n) is 0.805. The van der Waals surface area contributed by atoms with Crippen LogP contribution in [0.15, 0.2) is 30.3 Å². The molecule has 0 spiro atoms. The molecule has 1 aromatic carbocycles. The van der Waals surface area contributed by atoms with Crippen LogP contribution in [0.1, 0.15) is 10.4 Å². The van der Waals surface area contributed by atoms with E-state index in [1.54, 1.807) is 24.3 Å². The molecule has 1 rings (SSSR count). The van der Waals surface area contributed by atoms with E-state index in [4.69, 9.17) is 0 Å². The van der Waals surface area contributed by atoms with Gasteiger partial charge in [-0.2, -0.15) is 0 Å². The van der Waals surface area contributed by atoms with E-state index in [0.29, 0.717) is 5.56 Å². The number of hydrogen-bond donors (Lipinski definition) is 1. The molecule has 0 aliphatic rings.